The van der Waals surface area contributed by atoms with Gasteiger partial charge in [-0.3, -0.25) is 9.48 Å². The van der Waals surface area contributed by atoms with Crippen molar-refractivity contribution in [2.24, 2.45) is 7.05 Å². The molecule has 2 aromatic carbocycles. The molecule has 0 aliphatic carbocycles. The van der Waals surface area contributed by atoms with Gasteiger partial charge in [-0.15, -0.1) is 0 Å². The number of nitrogens with one attached hydrogen (secondary N) is 3. The highest BCUT2D eigenvalue weighted by Gasteiger charge is 2.31. The molecular weight excluding hydrogens is 484 g/mol. The van der Waals surface area contributed by atoms with Gasteiger partial charge in [-0.05, 0) is 37.6 Å². The van der Waals surface area contributed by atoms with Gasteiger partial charge < -0.3 is 19.9 Å². The summed E-state index contributed by atoms with van der Waals surface area (Å²) in [5.41, 5.74) is 8.20. The SMILES string of the molecule is CSNc1cccc2c1CN(c1cccc3c(-c4nc(Nc5cc(C)n(C)n5)ncc4C)c[nH]c13)C2=O. The first kappa shape index (κ1) is 23.1. The summed E-state index contributed by atoms with van der Waals surface area (Å²) in [4.78, 5) is 27.9. The number of benzene rings is 2. The lowest BCUT2D eigenvalue weighted by Crippen LogP contribution is -2.23. The molecule has 0 saturated carbocycles. The molecule has 0 spiro atoms. The van der Waals surface area contributed by atoms with Crippen LogP contribution in [0.15, 0.2) is 54.9 Å². The van der Waals surface area contributed by atoms with Crippen molar-refractivity contribution in [3.05, 3.63) is 77.2 Å². The Hall–Kier alpha value is -4.31. The van der Waals surface area contributed by atoms with Crippen LogP contribution in [-0.2, 0) is 13.6 Å². The number of aromatic amines is 1. The van der Waals surface area contributed by atoms with Crippen LogP contribution in [0.4, 0.5) is 23.1 Å². The number of hydrogen-bond donors (Lipinski definition) is 3. The zero-order chi connectivity index (χ0) is 25.7. The van der Waals surface area contributed by atoms with Gasteiger partial charge in [-0.25, -0.2) is 9.97 Å². The summed E-state index contributed by atoms with van der Waals surface area (Å²) < 4.78 is 5.10. The van der Waals surface area contributed by atoms with E-state index in [9.17, 15) is 4.79 Å². The van der Waals surface area contributed by atoms with Crippen LogP contribution in [-0.4, -0.2) is 36.9 Å². The van der Waals surface area contributed by atoms with Crippen LogP contribution in [0, 0.1) is 13.8 Å². The molecule has 1 aliphatic rings. The predicted molar refractivity (Wildman–Crippen MR) is 149 cm³/mol. The molecule has 37 heavy (non-hydrogen) atoms. The summed E-state index contributed by atoms with van der Waals surface area (Å²) in [6.07, 6.45) is 5.74. The molecule has 0 atom stereocenters. The Morgan fingerprint density at radius 3 is 2.73 bits per heavy atom. The summed E-state index contributed by atoms with van der Waals surface area (Å²) in [5.74, 6) is 1.17. The van der Waals surface area contributed by atoms with E-state index in [1.807, 2.05) is 80.8 Å². The van der Waals surface area contributed by atoms with Crippen LogP contribution < -0.4 is 14.9 Å². The highest BCUT2D eigenvalue weighted by atomic mass is 32.2. The molecule has 10 heteroatoms. The lowest BCUT2D eigenvalue weighted by molar-refractivity contribution is 0.0997. The van der Waals surface area contributed by atoms with Crippen LogP contribution in [0.1, 0.15) is 27.2 Å². The van der Waals surface area contributed by atoms with Crippen LogP contribution in [0.25, 0.3) is 22.2 Å². The lowest BCUT2D eigenvalue weighted by atomic mass is 10.1. The Bertz CT molecular complexity index is 1650. The number of aryl methyl sites for hydroxylation is 3. The first-order valence-electron chi connectivity index (χ1n) is 11.9. The molecule has 0 unspecified atom stereocenters. The summed E-state index contributed by atoms with van der Waals surface area (Å²) >= 11 is 1.52. The molecule has 0 saturated heterocycles. The molecule has 1 aliphatic heterocycles. The van der Waals surface area contributed by atoms with Gasteiger partial charge in [0.2, 0.25) is 5.95 Å². The Labute approximate surface area is 218 Å². The summed E-state index contributed by atoms with van der Waals surface area (Å²) in [7, 11) is 1.90. The topological polar surface area (TPSA) is 104 Å². The average molecular weight is 511 g/mol. The van der Waals surface area contributed by atoms with Crippen molar-refractivity contribution < 1.29 is 4.79 Å². The van der Waals surface area contributed by atoms with Crippen molar-refractivity contribution in [1.29, 1.82) is 0 Å². The first-order chi connectivity index (χ1) is 17.9. The zero-order valence-electron chi connectivity index (χ0n) is 21.0. The number of para-hydroxylation sites is 1. The fourth-order valence-electron chi connectivity index (χ4n) is 4.80. The van der Waals surface area contributed by atoms with Crippen molar-refractivity contribution in [2.45, 2.75) is 20.4 Å². The normalized spacial score (nSPS) is 12.9. The Morgan fingerprint density at radius 1 is 1.11 bits per heavy atom. The molecule has 3 N–H and O–H groups in total. The molecular formula is C27H26N8OS. The highest BCUT2D eigenvalue weighted by molar-refractivity contribution is 7.99. The molecule has 0 radical (unpaired) electrons. The largest absolute Gasteiger partial charge is 0.359 e. The summed E-state index contributed by atoms with van der Waals surface area (Å²) in [6, 6.07) is 13.8. The maximum absolute atomic E-state index is 13.4. The van der Waals surface area contributed by atoms with E-state index in [4.69, 9.17) is 4.98 Å². The van der Waals surface area contributed by atoms with Gasteiger partial charge >= 0.3 is 0 Å². The maximum atomic E-state index is 13.4. The van der Waals surface area contributed by atoms with E-state index in [1.165, 1.54) is 11.9 Å². The van der Waals surface area contributed by atoms with E-state index in [-0.39, 0.29) is 5.91 Å². The zero-order valence-corrected chi connectivity index (χ0v) is 21.8. The van der Waals surface area contributed by atoms with Crippen molar-refractivity contribution in [3.8, 4) is 11.3 Å². The minimum Gasteiger partial charge on any atom is -0.359 e. The molecule has 3 aromatic heterocycles. The smallest absolute Gasteiger partial charge is 0.259 e. The third-order valence-corrected chi connectivity index (χ3v) is 7.17. The second-order valence-corrected chi connectivity index (χ2v) is 9.69. The molecule has 1 amide bonds. The monoisotopic (exact) mass is 510 g/mol. The van der Waals surface area contributed by atoms with Crippen LogP contribution >= 0.6 is 11.9 Å². The lowest BCUT2D eigenvalue weighted by Gasteiger charge is -2.17. The van der Waals surface area contributed by atoms with Crippen molar-refractivity contribution in [2.75, 3.05) is 21.2 Å². The Morgan fingerprint density at radius 2 is 1.95 bits per heavy atom. The van der Waals surface area contributed by atoms with Gasteiger partial charge in [0.05, 0.1) is 23.4 Å². The minimum atomic E-state index is -0.00115. The number of carbonyl (C=O) groups is 1. The Balaban J connectivity index is 1.38. The fourth-order valence-corrected chi connectivity index (χ4v) is 5.21. The molecule has 0 bridgehead atoms. The van der Waals surface area contributed by atoms with Gasteiger partial charge in [0, 0.05) is 65.2 Å². The van der Waals surface area contributed by atoms with E-state index in [2.05, 4.69) is 31.2 Å². The van der Waals surface area contributed by atoms with Crippen molar-refractivity contribution in [1.82, 2.24) is 24.7 Å². The second kappa shape index (κ2) is 8.97. The van der Waals surface area contributed by atoms with E-state index in [0.29, 0.717) is 18.3 Å². The van der Waals surface area contributed by atoms with E-state index in [0.717, 1.165) is 55.9 Å². The Kier molecular flexibility index (Phi) is 5.60. The third kappa shape index (κ3) is 3.89. The number of carbonyl (C=O) groups excluding carboxylic acids is 1. The number of amides is 1. The van der Waals surface area contributed by atoms with Gasteiger partial charge in [0.1, 0.15) is 0 Å². The number of fused-ring (bicyclic) bond motifs is 2. The van der Waals surface area contributed by atoms with Crippen LogP contribution in [0.3, 0.4) is 0 Å². The highest BCUT2D eigenvalue weighted by Crippen LogP contribution is 2.39. The number of nitrogens with zero attached hydrogens (tertiary/aromatic N) is 5. The number of H-pyrrole nitrogens is 1. The standard InChI is InChI=1S/C27H26N8OS/c1-15-12-29-27(30-23-11-16(2)34(3)32-23)31-24(15)19-13-28-25-17(19)7-6-10-22(25)35-14-20-18(26(35)36)8-5-9-21(20)33-37-4/h5-13,28,33H,14H2,1-4H3,(H,29,30,31,32). The third-order valence-electron chi connectivity index (χ3n) is 6.74. The number of rotatable bonds is 6. The summed E-state index contributed by atoms with van der Waals surface area (Å²) in [6.45, 7) is 4.50. The molecule has 186 valence electrons. The van der Waals surface area contributed by atoms with Crippen molar-refractivity contribution >= 4 is 51.9 Å². The van der Waals surface area contributed by atoms with Gasteiger partial charge in [0.25, 0.3) is 5.91 Å². The average Bonchev–Trinajstić information content (AvgIpc) is 3.56. The van der Waals surface area contributed by atoms with Gasteiger partial charge in [-0.1, -0.05) is 30.1 Å². The fraction of sp³-hybridized carbons (Fsp3) is 0.185. The molecule has 0 fully saturated rings. The molecule has 9 nitrogen and oxygen atoms in total. The predicted octanol–water partition coefficient (Wildman–Crippen LogP) is 5.57. The number of hydrogen-bond acceptors (Lipinski definition) is 7. The number of anilines is 4. The quantitative estimate of drug-likeness (QED) is 0.257. The van der Waals surface area contributed by atoms with E-state index >= 15 is 0 Å². The number of aromatic nitrogens is 5. The first-order valence-corrected chi connectivity index (χ1v) is 13.1. The second-order valence-electron chi connectivity index (χ2n) is 9.08. The molecule has 4 heterocycles. The van der Waals surface area contributed by atoms with Gasteiger partial charge in [0.15, 0.2) is 5.82 Å². The molecule has 6 rings (SSSR count). The van der Waals surface area contributed by atoms with Crippen LogP contribution in [0.5, 0.6) is 0 Å². The summed E-state index contributed by atoms with van der Waals surface area (Å²) in [5, 5.41) is 8.64. The van der Waals surface area contributed by atoms with Crippen molar-refractivity contribution in [3.63, 3.8) is 0 Å². The van der Waals surface area contributed by atoms with Gasteiger partial charge in [-0.2, -0.15) is 5.10 Å². The minimum absolute atomic E-state index is 0.00115. The van der Waals surface area contributed by atoms with Crippen LogP contribution in [0.2, 0.25) is 0 Å². The van der Waals surface area contributed by atoms with E-state index in [1.54, 1.807) is 4.68 Å². The van der Waals surface area contributed by atoms with E-state index < -0.39 is 0 Å². The maximum Gasteiger partial charge on any atom is 0.259 e. The molecule has 5 aromatic rings.